The first kappa shape index (κ1) is 14.6. The maximum Gasteiger partial charge on any atom is 0.407 e. The maximum atomic E-state index is 11.5. The number of carbonyl (C=O) groups is 2. The lowest BCUT2D eigenvalue weighted by Gasteiger charge is -2.34. The van der Waals surface area contributed by atoms with Crippen LogP contribution in [0.3, 0.4) is 0 Å². The predicted octanol–water partition coefficient (Wildman–Crippen LogP) is 0.624. The zero-order valence-corrected chi connectivity index (χ0v) is 10.8. The van der Waals surface area contributed by atoms with E-state index >= 15 is 0 Å². The van der Waals surface area contributed by atoms with Crippen molar-refractivity contribution in [3.8, 4) is 0 Å². The van der Waals surface area contributed by atoms with E-state index in [1.54, 1.807) is 20.8 Å². The van der Waals surface area contributed by atoms with E-state index in [-0.39, 0.29) is 13.1 Å². The van der Waals surface area contributed by atoms with Crippen LogP contribution in [-0.2, 0) is 4.74 Å². The Bertz CT molecular complexity index is 326. The van der Waals surface area contributed by atoms with E-state index < -0.39 is 29.9 Å². The van der Waals surface area contributed by atoms with Crippen LogP contribution in [-0.4, -0.2) is 58.1 Å². The van der Waals surface area contributed by atoms with Crippen LogP contribution in [0.5, 0.6) is 0 Å². The number of ether oxygens (including phenoxy) is 1. The van der Waals surface area contributed by atoms with Gasteiger partial charge in [-0.25, -0.2) is 9.59 Å². The lowest BCUT2D eigenvalue weighted by molar-refractivity contribution is 0.0223. The number of nitrogens with one attached hydrogen (secondary N) is 1. The van der Waals surface area contributed by atoms with Crippen molar-refractivity contribution in [1.82, 2.24) is 10.2 Å². The zero-order chi connectivity index (χ0) is 13.9. The van der Waals surface area contributed by atoms with Gasteiger partial charge in [0.25, 0.3) is 0 Å². The monoisotopic (exact) mass is 260 g/mol. The second-order valence-corrected chi connectivity index (χ2v) is 5.34. The highest BCUT2D eigenvalue weighted by molar-refractivity contribution is 5.68. The number of rotatable bonds is 1. The minimum atomic E-state index is -1.07. The minimum Gasteiger partial charge on any atom is -0.465 e. The molecule has 0 radical (unpaired) electrons. The Hall–Kier alpha value is -1.50. The van der Waals surface area contributed by atoms with Crippen LogP contribution >= 0.6 is 0 Å². The fraction of sp³-hybridized carbons (Fsp3) is 0.818. The third-order valence-corrected chi connectivity index (χ3v) is 2.55. The summed E-state index contributed by atoms with van der Waals surface area (Å²) in [4.78, 5) is 23.4. The minimum absolute atomic E-state index is 0.00417. The predicted molar refractivity (Wildman–Crippen MR) is 63.4 cm³/mol. The first-order valence-electron chi connectivity index (χ1n) is 5.84. The quantitative estimate of drug-likeness (QED) is 0.642. The Morgan fingerprint density at radius 3 is 2.44 bits per heavy atom. The number of hydrogen-bond donors (Lipinski definition) is 3. The summed E-state index contributed by atoms with van der Waals surface area (Å²) in [6, 6.07) is -0.476. The summed E-state index contributed by atoms with van der Waals surface area (Å²) in [5, 5.41) is 21.1. The Labute approximate surface area is 106 Å². The summed E-state index contributed by atoms with van der Waals surface area (Å²) in [5.41, 5.74) is -0.600. The van der Waals surface area contributed by atoms with E-state index in [1.807, 2.05) is 0 Å². The van der Waals surface area contributed by atoms with E-state index in [4.69, 9.17) is 9.84 Å². The summed E-state index contributed by atoms with van der Waals surface area (Å²) in [7, 11) is 0. The van der Waals surface area contributed by atoms with Crippen molar-refractivity contribution in [2.24, 2.45) is 0 Å². The molecule has 7 nitrogen and oxygen atoms in total. The van der Waals surface area contributed by atoms with E-state index in [1.165, 1.54) is 0 Å². The van der Waals surface area contributed by atoms with Gasteiger partial charge in [0.15, 0.2) is 0 Å². The number of amides is 2. The number of β-amino-alcohol motifs (C(OH)–C–C–N with tert-alkyl or cyclic N) is 1. The number of carbonyl (C=O) groups excluding carboxylic acids is 1. The van der Waals surface area contributed by atoms with Crippen LogP contribution < -0.4 is 5.32 Å². The molecule has 1 fully saturated rings. The number of aliphatic hydroxyl groups is 1. The van der Waals surface area contributed by atoms with Gasteiger partial charge in [-0.15, -0.1) is 0 Å². The molecule has 3 N–H and O–H groups in total. The Morgan fingerprint density at radius 2 is 2.00 bits per heavy atom. The Balaban J connectivity index is 2.45. The highest BCUT2D eigenvalue weighted by atomic mass is 16.6. The van der Waals surface area contributed by atoms with Gasteiger partial charge in [-0.2, -0.15) is 0 Å². The van der Waals surface area contributed by atoms with Crippen LogP contribution in [0.2, 0.25) is 0 Å². The Kier molecular flexibility index (Phi) is 4.39. The second-order valence-electron chi connectivity index (χ2n) is 5.34. The molecule has 0 aliphatic carbocycles. The number of likely N-dealkylation sites (tertiary alicyclic amines) is 1. The van der Waals surface area contributed by atoms with Gasteiger partial charge in [0.05, 0.1) is 18.7 Å². The molecule has 0 aromatic carbocycles. The van der Waals surface area contributed by atoms with Crippen LogP contribution in [0.25, 0.3) is 0 Å². The number of hydrogen-bond acceptors (Lipinski definition) is 4. The molecule has 0 spiro atoms. The maximum absolute atomic E-state index is 11.5. The van der Waals surface area contributed by atoms with E-state index in [0.29, 0.717) is 6.42 Å². The first-order chi connectivity index (χ1) is 8.19. The Morgan fingerprint density at radius 1 is 1.39 bits per heavy atom. The first-order valence-corrected chi connectivity index (χ1v) is 5.84. The molecule has 0 saturated carbocycles. The smallest absolute Gasteiger partial charge is 0.407 e. The van der Waals surface area contributed by atoms with Crippen molar-refractivity contribution in [1.29, 1.82) is 0 Å². The third kappa shape index (κ3) is 4.40. The van der Waals surface area contributed by atoms with Gasteiger partial charge in [-0.05, 0) is 27.2 Å². The van der Waals surface area contributed by atoms with Gasteiger partial charge in [0.1, 0.15) is 5.60 Å². The molecule has 18 heavy (non-hydrogen) atoms. The van der Waals surface area contributed by atoms with E-state index in [2.05, 4.69) is 5.32 Å². The number of nitrogens with zero attached hydrogens (tertiary/aromatic N) is 1. The largest absolute Gasteiger partial charge is 0.465 e. The molecule has 0 aromatic heterocycles. The van der Waals surface area contributed by atoms with Crippen molar-refractivity contribution in [2.75, 3.05) is 13.1 Å². The molecule has 1 heterocycles. The molecule has 1 rings (SSSR count). The van der Waals surface area contributed by atoms with Crippen molar-refractivity contribution < 1.29 is 24.5 Å². The summed E-state index contributed by atoms with van der Waals surface area (Å²) >= 11 is 0. The molecule has 2 atom stereocenters. The molecule has 1 saturated heterocycles. The lowest BCUT2D eigenvalue weighted by atomic mass is 10.0. The average Bonchev–Trinajstić information content (AvgIpc) is 2.17. The van der Waals surface area contributed by atoms with Gasteiger partial charge in [0.2, 0.25) is 0 Å². The SMILES string of the molecule is CC(C)(C)OC(=O)NC1CCN(C(=O)O)CC1O. The van der Waals surface area contributed by atoms with E-state index in [0.717, 1.165) is 4.90 Å². The van der Waals surface area contributed by atoms with Gasteiger partial charge in [-0.1, -0.05) is 0 Å². The normalized spacial score (nSPS) is 24.6. The third-order valence-electron chi connectivity index (χ3n) is 2.55. The summed E-state index contributed by atoms with van der Waals surface area (Å²) in [6.07, 6.45) is -2.21. The molecule has 1 aliphatic rings. The van der Waals surface area contributed by atoms with Crippen LogP contribution in [0.1, 0.15) is 27.2 Å². The summed E-state index contributed by atoms with van der Waals surface area (Å²) in [5.74, 6) is 0. The molecule has 2 unspecified atom stereocenters. The fourth-order valence-electron chi connectivity index (χ4n) is 1.73. The van der Waals surface area contributed by atoms with E-state index in [9.17, 15) is 14.7 Å². The van der Waals surface area contributed by atoms with Gasteiger partial charge in [0, 0.05) is 6.54 Å². The van der Waals surface area contributed by atoms with Gasteiger partial charge < -0.3 is 25.2 Å². The highest BCUT2D eigenvalue weighted by Crippen LogP contribution is 2.13. The zero-order valence-electron chi connectivity index (χ0n) is 10.8. The average molecular weight is 260 g/mol. The molecular weight excluding hydrogens is 240 g/mol. The standard InChI is InChI=1S/C11H20N2O5/c1-11(2,3)18-9(15)12-7-4-5-13(10(16)17)6-8(7)14/h7-8,14H,4-6H2,1-3H3,(H,12,15)(H,16,17). The lowest BCUT2D eigenvalue weighted by Crippen LogP contribution is -2.55. The molecule has 0 bridgehead atoms. The molecule has 1 aliphatic heterocycles. The summed E-state index contributed by atoms with van der Waals surface area (Å²) in [6.45, 7) is 5.52. The number of piperidine rings is 1. The highest BCUT2D eigenvalue weighted by Gasteiger charge is 2.32. The van der Waals surface area contributed by atoms with Crippen molar-refractivity contribution >= 4 is 12.2 Å². The van der Waals surface area contributed by atoms with Gasteiger partial charge >= 0.3 is 12.2 Å². The van der Waals surface area contributed by atoms with Crippen molar-refractivity contribution in [3.05, 3.63) is 0 Å². The van der Waals surface area contributed by atoms with Crippen LogP contribution in [0, 0.1) is 0 Å². The molecule has 104 valence electrons. The number of carboxylic acid groups (broad SMARTS) is 1. The molecule has 2 amide bonds. The van der Waals surface area contributed by atoms with Crippen molar-refractivity contribution in [3.63, 3.8) is 0 Å². The molecule has 0 aromatic rings. The second kappa shape index (κ2) is 5.43. The molecular formula is C11H20N2O5. The number of alkyl carbamates (subject to hydrolysis) is 1. The summed E-state index contributed by atoms with van der Waals surface area (Å²) < 4.78 is 5.07. The fourth-order valence-corrected chi connectivity index (χ4v) is 1.73. The van der Waals surface area contributed by atoms with Crippen LogP contribution in [0.15, 0.2) is 0 Å². The van der Waals surface area contributed by atoms with Crippen LogP contribution in [0.4, 0.5) is 9.59 Å². The van der Waals surface area contributed by atoms with Crippen molar-refractivity contribution in [2.45, 2.75) is 44.9 Å². The molecule has 7 heteroatoms. The number of aliphatic hydroxyl groups excluding tert-OH is 1. The van der Waals surface area contributed by atoms with Gasteiger partial charge in [-0.3, -0.25) is 0 Å². The topological polar surface area (TPSA) is 99.1 Å².